The third kappa shape index (κ3) is 2.11. The van der Waals surface area contributed by atoms with Gasteiger partial charge in [-0.1, -0.05) is 32.9 Å². The van der Waals surface area contributed by atoms with Crippen molar-refractivity contribution in [2.45, 2.75) is 27.2 Å². The zero-order valence-corrected chi connectivity index (χ0v) is 12.4. The van der Waals surface area contributed by atoms with Gasteiger partial charge in [0, 0.05) is 24.0 Å². The van der Waals surface area contributed by atoms with Crippen LogP contribution in [-0.2, 0) is 13.5 Å². The maximum Gasteiger partial charge on any atom is 0.152 e. The molecule has 0 saturated heterocycles. The molecule has 4 heteroatoms. The highest BCUT2D eigenvalue weighted by atomic mass is 15.3. The van der Waals surface area contributed by atoms with Gasteiger partial charge in [0.05, 0.1) is 5.52 Å². The Kier molecular flexibility index (Phi) is 2.71. The second kappa shape index (κ2) is 4.20. The first-order valence-electron chi connectivity index (χ1n) is 6.85. The van der Waals surface area contributed by atoms with Gasteiger partial charge in [-0.05, 0) is 23.5 Å². The highest BCUT2D eigenvalue weighted by molar-refractivity contribution is 6.09. The molecule has 0 saturated carbocycles. The van der Waals surface area contributed by atoms with Crippen LogP contribution in [0.5, 0.6) is 0 Å². The predicted molar refractivity (Wildman–Crippen MR) is 83.6 cm³/mol. The van der Waals surface area contributed by atoms with Gasteiger partial charge in [0.1, 0.15) is 5.52 Å². The molecule has 20 heavy (non-hydrogen) atoms. The number of pyridine rings is 1. The lowest BCUT2D eigenvalue weighted by Gasteiger charge is -2.19. The molecule has 0 amide bonds. The lowest BCUT2D eigenvalue weighted by Crippen LogP contribution is -2.09. The minimum atomic E-state index is 0.226. The molecule has 2 aromatic heterocycles. The van der Waals surface area contributed by atoms with Gasteiger partial charge < -0.3 is 5.73 Å². The maximum atomic E-state index is 6.03. The number of aryl methyl sites for hydroxylation is 1. The van der Waals surface area contributed by atoms with Crippen molar-refractivity contribution in [2.75, 3.05) is 5.73 Å². The molecule has 0 unspecified atom stereocenters. The number of nitrogens with zero attached hydrogens (tertiary/aromatic N) is 3. The Balaban J connectivity index is 2.39. The molecule has 0 spiro atoms. The van der Waals surface area contributed by atoms with E-state index in [1.807, 2.05) is 19.3 Å². The van der Waals surface area contributed by atoms with E-state index in [-0.39, 0.29) is 5.41 Å². The highest BCUT2D eigenvalue weighted by Crippen LogP contribution is 2.32. The molecule has 0 radical (unpaired) electrons. The van der Waals surface area contributed by atoms with E-state index in [9.17, 15) is 0 Å². The number of rotatable bonds is 1. The summed E-state index contributed by atoms with van der Waals surface area (Å²) in [4.78, 5) is 4.51. The smallest absolute Gasteiger partial charge is 0.152 e. The highest BCUT2D eigenvalue weighted by Gasteiger charge is 2.17. The summed E-state index contributed by atoms with van der Waals surface area (Å²) in [5.74, 6) is 0.501. The lowest BCUT2D eigenvalue weighted by atomic mass is 9.86. The van der Waals surface area contributed by atoms with Crippen LogP contribution in [0.15, 0.2) is 24.4 Å². The number of hydrogen-bond donors (Lipinski definition) is 1. The standard InChI is InChI=1S/C16H20N4/c1-16(2,3)8-10-6-5-7-12-13(10)11-9-20(4)19-14(11)15(17)18-12/h5-7,9H,8H2,1-4H3,(H2,17,18). The largest absolute Gasteiger partial charge is 0.382 e. The Labute approximate surface area is 118 Å². The molecule has 0 bridgehead atoms. The summed E-state index contributed by atoms with van der Waals surface area (Å²) in [6.45, 7) is 6.74. The van der Waals surface area contributed by atoms with Gasteiger partial charge in [0.15, 0.2) is 5.82 Å². The van der Waals surface area contributed by atoms with Crippen LogP contribution in [0.3, 0.4) is 0 Å². The fraction of sp³-hybridized carbons (Fsp3) is 0.375. The second-order valence-electron chi connectivity index (χ2n) is 6.61. The first kappa shape index (κ1) is 12.9. The van der Waals surface area contributed by atoms with E-state index in [2.05, 4.69) is 43.0 Å². The number of benzene rings is 1. The third-order valence-corrected chi connectivity index (χ3v) is 3.43. The predicted octanol–water partition coefficient (Wildman–Crippen LogP) is 3.29. The van der Waals surface area contributed by atoms with Crippen molar-refractivity contribution in [1.82, 2.24) is 14.8 Å². The normalized spacial score (nSPS) is 12.4. The minimum absolute atomic E-state index is 0.226. The van der Waals surface area contributed by atoms with Crippen molar-refractivity contribution < 1.29 is 0 Å². The zero-order chi connectivity index (χ0) is 14.5. The SMILES string of the molecule is Cn1cc2c(n1)c(N)nc1cccc(CC(C)(C)C)c12. The molecule has 0 aliphatic rings. The molecule has 0 atom stereocenters. The summed E-state index contributed by atoms with van der Waals surface area (Å²) in [6.07, 6.45) is 3.03. The summed E-state index contributed by atoms with van der Waals surface area (Å²) in [5, 5.41) is 6.70. The van der Waals surface area contributed by atoms with E-state index >= 15 is 0 Å². The Morgan fingerprint density at radius 3 is 2.70 bits per heavy atom. The maximum absolute atomic E-state index is 6.03. The molecular formula is C16H20N4. The van der Waals surface area contributed by atoms with E-state index < -0.39 is 0 Å². The van der Waals surface area contributed by atoms with Crippen LogP contribution in [0.2, 0.25) is 0 Å². The first-order chi connectivity index (χ1) is 9.35. The van der Waals surface area contributed by atoms with E-state index in [1.165, 1.54) is 10.9 Å². The van der Waals surface area contributed by atoms with Gasteiger partial charge >= 0.3 is 0 Å². The Morgan fingerprint density at radius 2 is 2.00 bits per heavy atom. The van der Waals surface area contributed by atoms with Gasteiger partial charge in [-0.15, -0.1) is 0 Å². The molecule has 1 aromatic carbocycles. The molecule has 2 heterocycles. The minimum Gasteiger partial charge on any atom is -0.382 e. The van der Waals surface area contributed by atoms with E-state index in [0.717, 1.165) is 22.8 Å². The molecule has 4 nitrogen and oxygen atoms in total. The molecule has 3 rings (SSSR count). The van der Waals surface area contributed by atoms with Crippen LogP contribution in [0.25, 0.3) is 21.8 Å². The van der Waals surface area contributed by atoms with Crippen molar-refractivity contribution in [2.24, 2.45) is 12.5 Å². The van der Waals surface area contributed by atoms with Gasteiger partial charge in [-0.2, -0.15) is 5.10 Å². The van der Waals surface area contributed by atoms with Crippen LogP contribution in [-0.4, -0.2) is 14.8 Å². The van der Waals surface area contributed by atoms with Gasteiger partial charge in [-0.25, -0.2) is 4.98 Å². The number of nitrogens with two attached hydrogens (primary N) is 1. The summed E-state index contributed by atoms with van der Waals surface area (Å²) >= 11 is 0. The van der Waals surface area contributed by atoms with Gasteiger partial charge in [0.2, 0.25) is 0 Å². The van der Waals surface area contributed by atoms with Crippen molar-refractivity contribution in [1.29, 1.82) is 0 Å². The molecule has 2 N–H and O–H groups in total. The average molecular weight is 268 g/mol. The topological polar surface area (TPSA) is 56.7 Å². The van der Waals surface area contributed by atoms with E-state index in [0.29, 0.717) is 5.82 Å². The summed E-state index contributed by atoms with van der Waals surface area (Å²) in [7, 11) is 1.91. The van der Waals surface area contributed by atoms with Crippen LogP contribution in [0.4, 0.5) is 5.82 Å². The molecule has 0 fully saturated rings. The van der Waals surface area contributed by atoms with Gasteiger partial charge in [0.25, 0.3) is 0 Å². The molecule has 104 valence electrons. The Hall–Kier alpha value is -2.10. The summed E-state index contributed by atoms with van der Waals surface area (Å²) in [5.41, 5.74) is 9.30. The number of nitrogen functional groups attached to an aromatic ring is 1. The fourth-order valence-electron chi connectivity index (χ4n) is 2.75. The monoisotopic (exact) mass is 268 g/mol. The first-order valence-corrected chi connectivity index (χ1v) is 6.85. The number of hydrogen-bond acceptors (Lipinski definition) is 3. The summed E-state index contributed by atoms with van der Waals surface area (Å²) in [6, 6.07) is 6.25. The number of fused-ring (bicyclic) bond motifs is 3. The average Bonchev–Trinajstić information content (AvgIpc) is 2.69. The van der Waals surface area contributed by atoms with E-state index in [1.54, 1.807) is 4.68 Å². The third-order valence-electron chi connectivity index (χ3n) is 3.43. The van der Waals surface area contributed by atoms with Crippen molar-refractivity contribution in [3.05, 3.63) is 30.0 Å². The Bertz CT molecular complexity index is 793. The van der Waals surface area contributed by atoms with Crippen molar-refractivity contribution >= 4 is 27.6 Å². The second-order valence-corrected chi connectivity index (χ2v) is 6.61. The number of aromatic nitrogens is 3. The van der Waals surface area contributed by atoms with Crippen LogP contribution in [0.1, 0.15) is 26.3 Å². The van der Waals surface area contributed by atoms with E-state index in [4.69, 9.17) is 5.73 Å². The lowest BCUT2D eigenvalue weighted by molar-refractivity contribution is 0.413. The quantitative estimate of drug-likeness (QED) is 0.736. The van der Waals surface area contributed by atoms with Gasteiger partial charge in [-0.3, -0.25) is 4.68 Å². The molecule has 3 aromatic rings. The summed E-state index contributed by atoms with van der Waals surface area (Å²) < 4.78 is 1.80. The fourth-order valence-corrected chi connectivity index (χ4v) is 2.75. The van der Waals surface area contributed by atoms with Crippen molar-refractivity contribution in [3.8, 4) is 0 Å². The Morgan fingerprint density at radius 1 is 1.25 bits per heavy atom. The zero-order valence-electron chi connectivity index (χ0n) is 12.4. The van der Waals surface area contributed by atoms with Crippen LogP contribution >= 0.6 is 0 Å². The van der Waals surface area contributed by atoms with Crippen molar-refractivity contribution in [3.63, 3.8) is 0 Å². The molecule has 0 aliphatic heterocycles. The molecule has 0 aliphatic carbocycles. The van der Waals surface area contributed by atoms with Crippen LogP contribution < -0.4 is 5.73 Å². The number of anilines is 1. The molecular weight excluding hydrogens is 248 g/mol. The van der Waals surface area contributed by atoms with Crippen LogP contribution in [0, 0.1) is 5.41 Å².